The molecule has 0 saturated carbocycles. The highest BCUT2D eigenvalue weighted by Gasteiger charge is 2.36. The second kappa shape index (κ2) is 8.48. The number of hydrogen-bond donors (Lipinski definition) is 1. The Balaban J connectivity index is 1.61. The molecule has 0 aliphatic carbocycles. The molecule has 178 valence electrons. The monoisotopic (exact) mass is 472 g/mol. The molecule has 1 fully saturated rings. The van der Waals surface area contributed by atoms with E-state index in [1.54, 1.807) is 40.1 Å². The SMILES string of the molecule is CC1CN(c2ncnc3c2c(-c2ccno2)cn3-c2cc(C#N)ccn2)CCN1C(=O)C(C)(C)O. The zero-order chi connectivity index (χ0) is 24.7. The Morgan fingerprint density at radius 2 is 2.06 bits per heavy atom. The van der Waals surface area contributed by atoms with Crippen LogP contribution in [0.3, 0.4) is 0 Å². The van der Waals surface area contributed by atoms with Crippen LogP contribution in [0.2, 0.25) is 0 Å². The highest BCUT2D eigenvalue weighted by molar-refractivity contribution is 6.01. The predicted molar refractivity (Wildman–Crippen MR) is 127 cm³/mol. The van der Waals surface area contributed by atoms with Crippen LogP contribution in [0.5, 0.6) is 0 Å². The van der Waals surface area contributed by atoms with E-state index < -0.39 is 5.60 Å². The van der Waals surface area contributed by atoms with Gasteiger partial charge in [0, 0.05) is 44.1 Å². The molecule has 0 aromatic carbocycles. The number of hydrogen-bond acceptors (Lipinski definition) is 9. The lowest BCUT2D eigenvalue weighted by atomic mass is 10.0. The summed E-state index contributed by atoms with van der Waals surface area (Å²) in [5.74, 6) is 1.48. The van der Waals surface area contributed by atoms with Crippen LogP contribution in [0.1, 0.15) is 26.3 Å². The first-order valence-electron chi connectivity index (χ1n) is 11.2. The number of nitriles is 1. The average Bonchev–Trinajstić information content (AvgIpc) is 3.51. The van der Waals surface area contributed by atoms with Crippen LogP contribution in [0.15, 0.2) is 47.6 Å². The highest BCUT2D eigenvalue weighted by atomic mass is 16.5. The van der Waals surface area contributed by atoms with Gasteiger partial charge in [-0.2, -0.15) is 5.26 Å². The van der Waals surface area contributed by atoms with Gasteiger partial charge in [-0.1, -0.05) is 5.16 Å². The average molecular weight is 473 g/mol. The van der Waals surface area contributed by atoms with Gasteiger partial charge >= 0.3 is 0 Å². The van der Waals surface area contributed by atoms with Gasteiger partial charge in [-0.05, 0) is 32.9 Å². The lowest BCUT2D eigenvalue weighted by Gasteiger charge is -2.42. The topological polar surface area (TPSA) is 137 Å². The number of amides is 1. The quantitative estimate of drug-likeness (QED) is 0.473. The number of aliphatic hydroxyl groups is 1. The molecular weight excluding hydrogens is 448 g/mol. The Kier molecular flexibility index (Phi) is 5.45. The van der Waals surface area contributed by atoms with Gasteiger partial charge in [0.15, 0.2) is 11.4 Å². The van der Waals surface area contributed by atoms with E-state index in [2.05, 4.69) is 31.1 Å². The van der Waals surface area contributed by atoms with Crippen molar-refractivity contribution >= 4 is 22.8 Å². The normalized spacial score (nSPS) is 16.5. The number of nitrogens with zero attached hydrogens (tertiary/aromatic N) is 8. The molecule has 1 saturated heterocycles. The lowest BCUT2D eigenvalue weighted by molar-refractivity contribution is -0.150. The molecule has 1 unspecified atom stereocenters. The minimum atomic E-state index is -1.43. The van der Waals surface area contributed by atoms with Gasteiger partial charge in [0.1, 0.15) is 23.6 Å². The Morgan fingerprint density at radius 1 is 1.23 bits per heavy atom. The predicted octanol–water partition coefficient (Wildman–Crippen LogP) is 2.15. The smallest absolute Gasteiger partial charge is 0.254 e. The molecule has 1 aliphatic rings. The minimum Gasteiger partial charge on any atom is -0.381 e. The van der Waals surface area contributed by atoms with Crippen molar-refractivity contribution < 1.29 is 14.4 Å². The Labute approximate surface area is 201 Å². The molecule has 11 heteroatoms. The van der Waals surface area contributed by atoms with Crippen LogP contribution in [0.4, 0.5) is 5.82 Å². The van der Waals surface area contributed by atoms with Crippen molar-refractivity contribution in [2.45, 2.75) is 32.4 Å². The van der Waals surface area contributed by atoms with Gasteiger partial charge in [-0.15, -0.1) is 0 Å². The van der Waals surface area contributed by atoms with Gasteiger partial charge in [-0.3, -0.25) is 9.36 Å². The number of aromatic nitrogens is 5. The number of carbonyl (C=O) groups is 1. The van der Waals surface area contributed by atoms with Gasteiger partial charge in [0.05, 0.1) is 28.8 Å². The first kappa shape index (κ1) is 22.5. The summed E-state index contributed by atoms with van der Waals surface area (Å²) in [5.41, 5.74) is 0.389. The molecule has 1 N–H and O–H groups in total. The highest BCUT2D eigenvalue weighted by Crippen LogP contribution is 2.37. The van der Waals surface area contributed by atoms with Crippen molar-refractivity contribution in [3.8, 4) is 23.2 Å². The minimum absolute atomic E-state index is 0.141. The molecule has 1 aliphatic heterocycles. The molecule has 4 aromatic rings. The third-order valence-corrected chi connectivity index (χ3v) is 6.10. The van der Waals surface area contributed by atoms with Crippen LogP contribution in [-0.4, -0.2) is 71.9 Å². The molecule has 5 rings (SSSR count). The Bertz CT molecular complexity index is 1430. The van der Waals surface area contributed by atoms with Crippen molar-refractivity contribution in [3.05, 3.63) is 48.7 Å². The lowest BCUT2D eigenvalue weighted by Crippen LogP contribution is -2.58. The van der Waals surface area contributed by atoms with Gasteiger partial charge in [0.2, 0.25) is 0 Å². The fraction of sp³-hybridized carbons (Fsp3) is 0.333. The van der Waals surface area contributed by atoms with E-state index in [-0.39, 0.29) is 11.9 Å². The maximum Gasteiger partial charge on any atom is 0.254 e. The first-order chi connectivity index (χ1) is 16.8. The summed E-state index contributed by atoms with van der Waals surface area (Å²) in [5, 5.41) is 24.2. The van der Waals surface area contributed by atoms with Crippen LogP contribution >= 0.6 is 0 Å². The molecule has 11 nitrogen and oxygen atoms in total. The number of carbonyl (C=O) groups excluding carboxylic acids is 1. The van der Waals surface area contributed by atoms with Crippen LogP contribution in [-0.2, 0) is 4.79 Å². The van der Waals surface area contributed by atoms with Gasteiger partial charge in [-0.25, -0.2) is 15.0 Å². The number of pyridine rings is 1. The molecule has 0 bridgehead atoms. The molecule has 4 aromatic heterocycles. The summed E-state index contributed by atoms with van der Waals surface area (Å²) < 4.78 is 7.28. The van der Waals surface area contributed by atoms with E-state index in [0.717, 1.165) is 10.9 Å². The fourth-order valence-corrected chi connectivity index (χ4v) is 4.42. The van der Waals surface area contributed by atoms with Crippen molar-refractivity contribution in [2.75, 3.05) is 24.5 Å². The summed E-state index contributed by atoms with van der Waals surface area (Å²) in [6.07, 6.45) is 6.49. The van der Waals surface area contributed by atoms with Crippen LogP contribution in [0.25, 0.3) is 28.2 Å². The van der Waals surface area contributed by atoms with E-state index in [1.165, 1.54) is 20.2 Å². The third kappa shape index (κ3) is 3.98. The van der Waals surface area contributed by atoms with E-state index in [4.69, 9.17) is 4.52 Å². The standard InChI is InChI=1S/C24H24N8O3/c1-15-12-30(8-9-31(15)23(33)24(2,3)34)21-20-17(18-5-7-29-35-18)13-32(22(20)28-14-27-21)19-10-16(11-25)4-6-26-19/h4-7,10,13-15,34H,8-9,12H2,1-3H3. The van der Waals surface area contributed by atoms with Gasteiger partial charge in [0.25, 0.3) is 5.91 Å². The van der Waals surface area contributed by atoms with E-state index in [0.29, 0.717) is 48.2 Å². The largest absolute Gasteiger partial charge is 0.381 e. The van der Waals surface area contributed by atoms with Gasteiger partial charge < -0.3 is 19.4 Å². The third-order valence-electron chi connectivity index (χ3n) is 6.10. The summed E-state index contributed by atoms with van der Waals surface area (Å²) in [7, 11) is 0. The summed E-state index contributed by atoms with van der Waals surface area (Å²) in [4.78, 5) is 30.1. The zero-order valence-corrected chi connectivity index (χ0v) is 19.6. The molecule has 0 spiro atoms. The van der Waals surface area contributed by atoms with Crippen LogP contribution in [0, 0.1) is 11.3 Å². The number of rotatable bonds is 4. The molecular formula is C24H24N8O3. The first-order valence-corrected chi connectivity index (χ1v) is 11.2. The number of anilines is 1. The summed E-state index contributed by atoms with van der Waals surface area (Å²) in [6.45, 7) is 6.46. The van der Waals surface area contributed by atoms with Crippen molar-refractivity contribution in [1.82, 2.24) is 29.6 Å². The fourth-order valence-electron chi connectivity index (χ4n) is 4.42. The second-order valence-corrected chi connectivity index (χ2v) is 9.05. The summed E-state index contributed by atoms with van der Waals surface area (Å²) >= 11 is 0. The van der Waals surface area contributed by atoms with Crippen molar-refractivity contribution in [1.29, 1.82) is 5.26 Å². The van der Waals surface area contributed by atoms with Crippen LogP contribution < -0.4 is 4.90 Å². The van der Waals surface area contributed by atoms with Crippen molar-refractivity contribution in [3.63, 3.8) is 0 Å². The molecule has 35 heavy (non-hydrogen) atoms. The summed E-state index contributed by atoms with van der Waals surface area (Å²) in [6, 6.07) is 7.09. The molecule has 1 atom stereocenters. The van der Waals surface area contributed by atoms with E-state index >= 15 is 0 Å². The Morgan fingerprint density at radius 3 is 2.74 bits per heavy atom. The van der Waals surface area contributed by atoms with E-state index in [9.17, 15) is 15.2 Å². The maximum absolute atomic E-state index is 12.7. The number of fused-ring (bicyclic) bond motifs is 1. The zero-order valence-electron chi connectivity index (χ0n) is 19.6. The van der Waals surface area contributed by atoms with E-state index in [1.807, 2.05) is 13.1 Å². The van der Waals surface area contributed by atoms with Crippen molar-refractivity contribution in [2.24, 2.45) is 0 Å². The second-order valence-electron chi connectivity index (χ2n) is 9.05. The number of piperazine rings is 1. The Hall–Kier alpha value is -4.30. The maximum atomic E-state index is 12.7. The molecule has 5 heterocycles. The molecule has 0 radical (unpaired) electrons. The molecule has 1 amide bonds.